The van der Waals surface area contributed by atoms with E-state index in [9.17, 15) is 20.4 Å². The van der Waals surface area contributed by atoms with Crippen LogP contribution in [-0.4, -0.2) is 93.6 Å². The predicted molar refractivity (Wildman–Crippen MR) is 73.4 cm³/mol. The lowest BCUT2D eigenvalue weighted by molar-refractivity contribution is -0.0000444. The summed E-state index contributed by atoms with van der Waals surface area (Å²) in [6.07, 6.45) is -4.88. The number of hydrogen-bond donors (Lipinski definition) is 8. The van der Waals surface area contributed by atoms with Crippen LogP contribution in [0.15, 0.2) is 0 Å². The van der Waals surface area contributed by atoms with Gasteiger partial charge in [-0.3, -0.25) is 17.8 Å². The van der Waals surface area contributed by atoms with Crippen molar-refractivity contribution in [3.63, 3.8) is 0 Å². The Bertz CT molecular complexity index is 300. The average Bonchev–Trinajstić information content (AvgIpc) is 2.60. The zero-order chi connectivity index (χ0) is 15.5. The molecule has 1 aliphatic rings. The largest absolute Gasteiger partial charge is 0.394 e. The second-order valence-corrected chi connectivity index (χ2v) is 7.98. The predicted octanol–water partition coefficient (Wildman–Crippen LogP) is -2.42. The summed E-state index contributed by atoms with van der Waals surface area (Å²) in [4.78, 5) is 0. The van der Waals surface area contributed by atoms with Crippen LogP contribution in [0.2, 0.25) is 0 Å². The Morgan fingerprint density at radius 1 is 1.20 bits per heavy atom. The summed E-state index contributed by atoms with van der Waals surface area (Å²) in [5.74, 6) is 0.150. The minimum atomic E-state index is -4.32. The minimum absolute atomic E-state index is 0.0277. The summed E-state index contributed by atoms with van der Waals surface area (Å²) in [7, 11) is -0.733. The van der Waals surface area contributed by atoms with Gasteiger partial charge in [0, 0.05) is 10.9 Å². The summed E-state index contributed by atoms with van der Waals surface area (Å²) < 4.78 is 30.6. The van der Waals surface area contributed by atoms with E-state index in [0.29, 0.717) is 0 Å². The van der Waals surface area contributed by atoms with Crippen LogP contribution in [0.5, 0.6) is 0 Å². The molecule has 1 aliphatic heterocycles. The van der Waals surface area contributed by atoms with E-state index in [1.807, 2.05) is 0 Å². The molecular formula is C9H21O9S2+. The normalized spacial score (nSPS) is 35.0. The van der Waals surface area contributed by atoms with E-state index in [1.165, 1.54) is 0 Å². The molecule has 1 fully saturated rings. The SMILES string of the molecule is OC[C@@H]1[C@@H](O)[C@H](O)C[S+]1C[C@H](O)[C@@H](CO)OS(O)(O)O. The van der Waals surface area contributed by atoms with Gasteiger partial charge in [-0.05, 0) is 0 Å². The monoisotopic (exact) mass is 337 g/mol. The number of aliphatic hydroxyl groups excluding tert-OH is 5. The van der Waals surface area contributed by atoms with E-state index >= 15 is 0 Å². The van der Waals surface area contributed by atoms with Crippen molar-refractivity contribution in [2.45, 2.75) is 29.7 Å². The fourth-order valence-electron chi connectivity index (χ4n) is 2.00. The number of rotatable bonds is 7. The molecule has 0 saturated carbocycles. The molecule has 6 atom stereocenters. The van der Waals surface area contributed by atoms with Crippen molar-refractivity contribution in [3.8, 4) is 0 Å². The third kappa shape index (κ3) is 4.96. The smallest absolute Gasteiger partial charge is 0.217 e. The second-order valence-electron chi connectivity index (χ2n) is 4.50. The molecule has 0 aromatic rings. The summed E-state index contributed by atoms with van der Waals surface area (Å²) in [6, 6.07) is 0. The molecule has 9 nitrogen and oxygen atoms in total. The first-order valence-corrected chi connectivity index (χ1v) is 8.86. The standard InChI is InChI=1S/C9H20O9S2/c10-1-7(18-20(15,16)17)5(12)3-19-4-6(13)9(14)8(19)2-11/h5-14H,1-4H2,(H2-,15,16,17)/p+1/t5-,6+,7+,8+,9-,19?/m0/s1. The van der Waals surface area contributed by atoms with Gasteiger partial charge in [0.2, 0.25) is 11.2 Å². The van der Waals surface area contributed by atoms with Gasteiger partial charge in [-0.2, -0.15) is 0 Å². The molecule has 0 aromatic heterocycles. The van der Waals surface area contributed by atoms with Gasteiger partial charge in [-0.25, -0.2) is 0 Å². The van der Waals surface area contributed by atoms with Gasteiger partial charge >= 0.3 is 0 Å². The average molecular weight is 337 g/mol. The maximum atomic E-state index is 9.88. The van der Waals surface area contributed by atoms with E-state index in [1.54, 1.807) is 0 Å². The van der Waals surface area contributed by atoms with E-state index in [0.717, 1.165) is 0 Å². The molecule has 1 saturated heterocycles. The molecule has 11 heteroatoms. The van der Waals surface area contributed by atoms with Crippen LogP contribution in [0, 0.1) is 0 Å². The lowest BCUT2D eigenvalue weighted by Gasteiger charge is -2.27. The Morgan fingerprint density at radius 2 is 1.80 bits per heavy atom. The topological polar surface area (TPSA) is 171 Å². The Morgan fingerprint density at radius 3 is 2.25 bits per heavy atom. The zero-order valence-corrected chi connectivity index (χ0v) is 12.2. The highest BCUT2D eigenvalue weighted by molar-refractivity contribution is 8.15. The minimum Gasteiger partial charge on any atom is -0.394 e. The summed E-state index contributed by atoms with van der Waals surface area (Å²) in [5.41, 5.74) is 0. The number of aliphatic hydroxyl groups is 5. The van der Waals surface area contributed by atoms with Crippen molar-refractivity contribution < 1.29 is 43.4 Å². The lowest BCUT2D eigenvalue weighted by atomic mass is 10.2. The van der Waals surface area contributed by atoms with E-state index < -0.39 is 58.3 Å². The van der Waals surface area contributed by atoms with Gasteiger partial charge in [0.25, 0.3) is 0 Å². The van der Waals surface area contributed by atoms with E-state index in [4.69, 9.17) is 18.8 Å². The molecule has 1 unspecified atom stereocenters. The molecule has 0 spiro atoms. The molecule has 0 aliphatic carbocycles. The van der Waals surface area contributed by atoms with E-state index in [-0.39, 0.29) is 18.1 Å². The Kier molecular flexibility index (Phi) is 6.95. The van der Waals surface area contributed by atoms with Gasteiger partial charge in [0.1, 0.15) is 35.9 Å². The molecule has 0 bridgehead atoms. The third-order valence-electron chi connectivity index (χ3n) is 3.01. The van der Waals surface area contributed by atoms with Gasteiger partial charge in [-0.1, -0.05) is 0 Å². The molecule has 1 rings (SSSR count). The van der Waals surface area contributed by atoms with Crippen molar-refractivity contribution in [3.05, 3.63) is 0 Å². The summed E-state index contributed by atoms with van der Waals surface area (Å²) in [5, 5.41) is 46.6. The van der Waals surface area contributed by atoms with Gasteiger partial charge in [-0.15, -0.1) is 0 Å². The summed E-state index contributed by atoms with van der Waals surface area (Å²) in [6.45, 7) is -1.13. The first-order chi connectivity index (χ1) is 9.19. The molecule has 1 heterocycles. The molecular weight excluding hydrogens is 316 g/mol. The number of hydrogen-bond acceptors (Lipinski definition) is 9. The van der Waals surface area contributed by atoms with Crippen LogP contribution in [0.4, 0.5) is 0 Å². The molecule has 20 heavy (non-hydrogen) atoms. The Labute approximate surface area is 120 Å². The fraction of sp³-hybridized carbons (Fsp3) is 1.00. The highest BCUT2D eigenvalue weighted by atomic mass is 32.3. The third-order valence-corrected chi connectivity index (χ3v) is 6.34. The van der Waals surface area contributed by atoms with E-state index in [2.05, 4.69) is 4.18 Å². The molecule has 0 aromatic carbocycles. The van der Waals surface area contributed by atoms with Crippen molar-refractivity contribution in [2.24, 2.45) is 0 Å². The van der Waals surface area contributed by atoms with Crippen LogP contribution < -0.4 is 0 Å². The van der Waals surface area contributed by atoms with Crippen molar-refractivity contribution in [1.29, 1.82) is 0 Å². The molecule has 0 amide bonds. The maximum Gasteiger partial charge on any atom is 0.217 e. The first-order valence-electron chi connectivity index (χ1n) is 5.80. The summed E-state index contributed by atoms with van der Waals surface area (Å²) >= 11 is -4.32. The Balaban J connectivity index is 2.62. The lowest BCUT2D eigenvalue weighted by Crippen LogP contribution is -2.42. The highest BCUT2D eigenvalue weighted by Crippen LogP contribution is 2.36. The zero-order valence-electron chi connectivity index (χ0n) is 10.5. The van der Waals surface area contributed by atoms with Crippen molar-refractivity contribution in [1.82, 2.24) is 0 Å². The first kappa shape index (κ1) is 18.4. The molecule has 8 N–H and O–H groups in total. The van der Waals surface area contributed by atoms with Crippen molar-refractivity contribution in [2.75, 3.05) is 24.7 Å². The fourth-order valence-corrected chi connectivity index (χ4v) is 5.23. The van der Waals surface area contributed by atoms with Crippen LogP contribution in [-0.2, 0) is 15.1 Å². The molecule has 122 valence electrons. The van der Waals surface area contributed by atoms with Crippen LogP contribution in [0.1, 0.15) is 0 Å². The van der Waals surface area contributed by atoms with Crippen molar-refractivity contribution >= 4 is 22.0 Å². The van der Waals surface area contributed by atoms with Crippen LogP contribution in [0.3, 0.4) is 0 Å². The molecule has 0 radical (unpaired) electrons. The maximum absolute atomic E-state index is 9.88. The highest BCUT2D eigenvalue weighted by Gasteiger charge is 2.50. The van der Waals surface area contributed by atoms with Gasteiger partial charge < -0.3 is 25.5 Å². The second kappa shape index (κ2) is 7.56. The quantitative estimate of drug-likeness (QED) is 0.235. The van der Waals surface area contributed by atoms with Crippen LogP contribution in [0.25, 0.3) is 0 Å². The van der Waals surface area contributed by atoms with Gasteiger partial charge in [0.15, 0.2) is 5.25 Å². The van der Waals surface area contributed by atoms with Crippen LogP contribution >= 0.6 is 11.2 Å². The van der Waals surface area contributed by atoms with Gasteiger partial charge in [0.05, 0.1) is 13.2 Å². The Hall–Kier alpha value is 0.340.